The van der Waals surface area contributed by atoms with Crippen LogP contribution in [0.1, 0.15) is 34.6 Å². The first-order valence-electron chi connectivity index (χ1n) is 48.5. The molecule has 2 N–H and O–H groups in total. The number of furan rings is 1. The average molecular weight is 2770 g/mol. The number of para-hydroxylation sites is 2. The van der Waals surface area contributed by atoms with Crippen molar-refractivity contribution in [1.82, 2.24) is 34.5 Å². The van der Waals surface area contributed by atoms with Crippen LogP contribution in [0.15, 0.2) is 332 Å². The molecule has 760 valence electrons. The number of fused-ring (bicyclic) bond motifs is 12. The number of hydrogen-bond donors (Lipinski definition) is 2. The molecule has 0 bridgehead atoms. The zero-order valence-corrected chi connectivity index (χ0v) is 106. The quantitative estimate of drug-likeness (QED) is 0.0433. The van der Waals surface area contributed by atoms with E-state index in [0.29, 0.717) is 0 Å². The first-order chi connectivity index (χ1) is 67.2. The van der Waals surface area contributed by atoms with Crippen molar-refractivity contribution in [3.8, 4) is 78.7 Å². The van der Waals surface area contributed by atoms with Crippen molar-refractivity contribution in [1.29, 1.82) is 0 Å². The molecule has 19 aromatic rings. The molecular weight excluding hydrogens is 2640 g/mol. The van der Waals surface area contributed by atoms with Gasteiger partial charge < -0.3 is 49.1 Å². The molecule has 10 aromatic carbocycles. The van der Waals surface area contributed by atoms with Gasteiger partial charge in [-0.2, -0.15) is 11.3 Å². The Morgan fingerprint density at radius 3 is 1.27 bits per heavy atom. The van der Waals surface area contributed by atoms with E-state index in [1.54, 1.807) is 5.19 Å². The summed E-state index contributed by atoms with van der Waals surface area (Å²) in [7, 11) is -9.48. The SMILES string of the molecule is CC(=O)C=C(C)O.CC(=O)C=C(C)O.CCn1c2c[c-]c(-c3ncccc3[Si](C)(C)C)cc2c2ccccc21.C[Si](C)(C)c1ccc(-c2[c-]cc3oc4ccccc4c3c2)nc1.C[Si](C)(C)c1ccc(-c2[c-]cc3sc4ccccc4c3c2)nc1.C[Si](C)(C)c1ccc(-c2[c-]cccc2)nc1.C[Si](C)(C)c1ccc(-c2[c-]cccc2)nc1.C[Si](C)(C)c1ccnc(-c2[c-]cc3c(c2)-c2ccccc2[Si]3(C)C)c1.[Ir].[Ir].[Ir].[Ir]. The maximum absolute atomic E-state index is 10.0. The molecule has 1 aliphatic rings. The molecule has 20 rings (SSSR count). The van der Waals surface area contributed by atoms with Crippen molar-refractivity contribution in [2.75, 3.05) is 0 Å². The molecule has 9 aromatic heterocycles. The Bertz CT molecular complexity index is 7420. The summed E-state index contributed by atoms with van der Waals surface area (Å²) in [6.45, 7) is 56.0. The predicted octanol–water partition coefficient (Wildman–Crippen LogP) is 27.8. The molecule has 146 heavy (non-hydrogen) atoms. The standard InChI is InChI=1S/C22H23N2Si.C22H24NSi2.C20H18NOSi.C20H18NSSi.2C14H16NSi.2C5H8O2.4Ir/c1-5-24-19-10-7-6-9-17(19)18-15-16(12-13-20(18)24)22-21(25(2,3)4)11-8-14-23-22;1-24(2,3)17-12-13-23-20(15-17)16-10-11-22-19(14-16)18-8-6-7-9-21(18)25(22,4)5;2*1-23(2,3)15-9-10-18(21-13-15)14-8-11-20-17(12-14)16-6-4-5-7-19(16)22-20;2*1-16(2,3)13-9-10-14(15-11-13)12-7-5-4-6-8-12;2*1-4(6)3-5(2)7;;;;/h6-11,13-15H,5H2,1-4H3;6-9,11-15H,1-5H3;2*4-7,9-13H,1-3H3;2*4-7,9-11H,1-3H3;2*3,6H,1-2H3;;;;/q6*-1;;;;;;. The van der Waals surface area contributed by atoms with Crippen LogP contribution in [0, 0.1) is 36.4 Å². The van der Waals surface area contributed by atoms with Crippen molar-refractivity contribution < 1.29 is 105 Å². The van der Waals surface area contributed by atoms with Gasteiger partial charge in [0.05, 0.1) is 73.6 Å². The van der Waals surface area contributed by atoms with Crippen molar-refractivity contribution >= 4 is 185 Å². The van der Waals surface area contributed by atoms with Gasteiger partial charge in [0.1, 0.15) is 5.58 Å². The third kappa shape index (κ3) is 30.6. The zero-order valence-electron chi connectivity index (χ0n) is 88.2. The Kier molecular flexibility index (Phi) is 42.0. The van der Waals surface area contributed by atoms with E-state index in [1.807, 2.05) is 121 Å². The molecule has 24 heteroatoms. The number of allylic oxidation sites excluding steroid dienone is 4. The van der Waals surface area contributed by atoms with E-state index < -0.39 is 56.5 Å². The van der Waals surface area contributed by atoms with Gasteiger partial charge in [0.2, 0.25) is 0 Å². The second-order valence-corrected chi connectivity index (χ2v) is 78.4. The molecular formula is C122H131Ir4N7O5SSi7-6. The Morgan fingerprint density at radius 1 is 0.349 bits per heavy atom. The number of aryl methyl sites for hydroxylation is 1. The van der Waals surface area contributed by atoms with E-state index in [9.17, 15) is 9.59 Å². The van der Waals surface area contributed by atoms with E-state index >= 15 is 0 Å². The summed E-state index contributed by atoms with van der Waals surface area (Å²) in [5, 5.41) is 35.6. The number of aliphatic hydroxyl groups excluding tert-OH is 2. The number of rotatable bonds is 15. The van der Waals surface area contributed by atoms with Crippen LogP contribution < -0.4 is 41.5 Å². The summed E-state index contributed by atoms with van der Waals surface area (Å²) >= 11 is 1.83. The summed E-state index contributed by atoms with van der Waals surface area (Å²) in [6.07, 6.45) is 14.3. The Balaban J connectivity index is 0.000000190. The maximum Gasteiger partial charge on any atom is 0.155 e. The number of pyridine rings is 6. The van der Waals surface area contributed by atoms with E-state index in [-0.39, 0.29) is 104 Å². The summed E-state index contributed by atoms with van der Waals surface area (Å²) in [4.78, 5) is 47.8. The number of aromatic nitrogens is 7. The number of ketones is 2. The largest absolute Gasteiger partial charge is 0.512 e. The molecule has 0 atom stereocenters. The second-order valence-electron chi connectivity index (χ2n) is 42.6. The number of carbonyl (C=O) groups is 2. The summed E-state index contributed by atoms with van der Waals surface area (Å²) < 4.78 is 10.8. The van der Waals surface area contributed by atoms with Crippen LogP contribution in [0.25, 0.3) is 143 Å². The van der Waals surface area contributed by atoms with E-state index in [1.165, 1.54) is 129 Å². The van der Waals surface area contributed by atoms with Gasteiger partial charge in [0, 0.05) is 152 Å². The molecule has 0 saturated carbocycles. The zero-order chi connectivity index (χ0) is 102. The normalized spacial score (nSPS) is 12.1. The van der Waals surface area contributed by atoms with Gasteiger partial charge in [0.25, 0.3) is 0 Å². The van der Waals surface area contributed by atoms with Crippen LogP contribution >= 0.6 is 11.3 Å². The van der Waals surface area contributed by atoms with Crippen LogP contribution in [0.5, 0.6) is 0 Å². The third-order valence-corrected chi connectivity index (χ3v) is 41.6. The summed E-state index contributed by atoms with van der Waals surface area (Å²) in [5.74, 6) is -0.125. The minimum absolute atomic E-state index is 0. The molecule has 0 saturated heterocycles. The van der Waals surface area contributed by atoms with Gasteiger partial charge in [-0.1, -0.05) is 308 Å². The number of thiophene rings is 1. The molecule has 4 radical (unpaired) electrons. The molecule has 10 heterocycles. The maximum atomic E-state index is 10.0. The van der Waals surface area contributed by atoms with E-state index in [0.717, 1.165) is 96.0 Å². The van der Waals surface area contributed by atoms with Gasteiger partial charge >= 0.3 is 0 Å². The number of nitrogens with zero attached hydrogens (tertiary/aromatic N) is 7. The van der Waals surface area contributed by atoms with Crippen molar-refractivity contribution in [2.45, 2.75) is 172 Å². The monoisotopic (exact) mass is 2770 g/mol. The number of benzene rings is 10. The fourth-order valence-electron chi connectivity index (χ4n) is 16.8. The van der Waals surface area contributed by atoms with Crippen LogP contribution in [0.4, 0.5) is 0 Å². The molecule has 0 unspecified atom stereocenters. The summed E-state index contributed by atoms with van der Waals surface area (Å²) in [6, 6.07) is 114. The number of aliphatic hydroxyl groups is 2. The van der Waals surface area contributed by atoms with Crippen LogP contribution in [0.3, 0.4) is 0 Å². The fraction of sp³-hybridized carbons (Fsp3) is 0.213. The van der Waals surface area contributed by atoms with Crippen molar-refractivity contribution in [2.24, 2.45) is 0 Å². The number of hydrogen-bond acceptors (Lipinski definition) is 12. The van der Waals surface area contributed by atoms with Crippen molar-refractivity contribution in [3.63, 3.8) is 0 Å². The van der Waals surface area contributed by atoms with Gasteiger partial charge in [-0.05, 0) is 146 Å². The Labute approximate surface area is 929 Å². The minimum atomic E-state index is -1.59. The van der Waals surface area contributed by atoms with Gasteiger partial charge in [-0.3, -0.25) is 9.59 Å². The molecule has 0 fully saturated rings. The molecule has 0 amide bonds. The predicted molar refractivity (Wildman–Crippen MR) is 624 cm³/mol. The van der Waals surface area contributed by atoms with Crippen molar-refractivity contribution in [3.05, 3.63) is 364 Å². The van der Waals surface area contributed by atoms with Crippen LogP contribution in [-0.4, -0.2) is 113 Å². The van der Waals surface area contributed by atoms with Gasteiger partial charge in [0.15, 0.2) is 11.6 Å². The van der Waals surface area contributed by atoms with Crippen LogP contribution in [-0.2, 0) is 96.6 Å². The van der Waals surface area contributed by atoms with Crippen LogP contribution in [0.2, 0.25) is 131 Å². The summed E-state index contributed by atoms with van der Waals surface area (Å²) in [5.41, 5.74) is 19.6. The topological polar surface area (TPSA) is 170 Å². The molecule has 0 spiro atoms. The number of carbonyl (C=O) groups excluding carboxylic acids is 2. The molecule has 0 aliphatic carbocycles. The second kappa shape index (κ2) is 51.6. The third-order valence-electron chi connectivity index (χ3n) is 24.8. The molecule has 1 aliphatic heterocycles. The van der Waals surface area contributed by atoms with E-state index in [4.69, 9.17) is 24.6 Å². The first-order valence-corrected chi connectivity index (χ1v) is 73.3. The van der Waals surface area contributed by atoms with E-state index in [2.05, 4.69) is 393 Å². The fourth-order valence-corrected chi connectivity index (χ4v) is 27.7. The smallest absolute Gasteiger partial charge is 0.155 e. The Hall–Kier alpha value is -10.5. The van der Waals surface area contributed by atoms with Gasteiger partial charge in [-0.25, -0.2) is 0 Å². The molecule has 12 nitrogen and oxygen atoms in total. The minimum Gasteiger partial charge on any atom is -0.512 e. The first kappa shape index (κ1) is 119. The van der Waals surface area contributed by atoms with Gasteiger partial charge in [-0.15, -0.1) is 172 Å². The Morgan fingerprint density at radius 2 is 0.795 bits per heavy atom. The average Bonchev–Trinajstić information content (AvgIpc) is 1.57.